The van der Waals surface area contributed by atoms with E-state index in [0.29, 0.717) is 0 Å². The van der Waals surface area contributed by atoms with Crippen LogP contribution in [0.2, 0.25) is 0 Å². The fourth-order valence-electron chi connectivity index (χ4n) is 9.89. The molecule has 0 radical (unpaired) electrons. The van der Waals surface area contributed by atoms with Crippen LogP contribution in [-0.4, -0.2) is 13.7 Å². The van der Waals surface area contributed by atoms with E-state index < -0.39 is 0 Å². The summed E-state index contributed by atoms with van der Waals surface area (Å²) >= 11 is 0. The molecule has 0 aromatic heterocycles. The molecule has 0 aliphatic carbocycles. The average molecular weight is 656 g/mol. The second kappa shape index (κ2) is 10.5. The number of hydrogen-bond donors (Lipinski definition) is 0. The number of para-hydroxylation sites is 4. The summed E-state index contributed by atoms with van der Waals surface area (Å²) in [5.41, 5.74) is 23.3. The van der Waals surface area contributed by atoms with Crippen molar-refractivity contribution in [2.45, 2.75) is 0 Å². The Kier molecular flexibility index (Phi) is 5.70. The fourth-order valence-corrected chi connectivity index (χ4v) is 9.89. The molecule has 4 heterocycles. The van der Waals surface area contributed by atoms with Crippen molar-refractivity contribution < 1.29 is 0 Å². The third-order valence-corrected chi connectivity index (χ3v) is 11.9. The quantitative estimate of drug-likeness (QED) is 0.163. The highest BCUT2D eigenvalue weighted by molar-refractivity contribution is 6.93. The minimum atomic E-state index is 0.0477. The summed E-state index contributed by atoms with van der Waals surface area (Å²) in [4.78, 5) is 5.30. The highest BCUT2D eigenvalue weighted by atomic mass is 15.1. The Balaban J connectivity index is 1.20. The van der Waals surface area contributed by atoms with Crippen LogP contribution >= 0.6 is 0 Å². The third kappa shape index (κ3) is 3.61. The molecule has 4 aliphatic heterocycles. The predicted molar refractivity (Wildman–Crippen MR) is 221 cm³/mol. The lowest BCUT2D eigenvalue weighted by molar-refractivity contribution is 1.33. The first-order valence-corrected chi connectivity index (χ1v) is 18.3. The summed E-state index contributed by atoms with van der Waals surface area (Å²) in [6.45, 7) is 0.0955. The van der Waals surface area contributed by atoms with Crippen LogP contribution in [0.25, 0.3) is 55.6 Å². The molecule has 8 aromatic rings. The molecule has 4 aliphatic rings. The molecular weight excluding hydrogens is 626 g/mol. The van der Waals surface area contributed by atoms with E-state index in [1.165, 1.54) is 100 Å². The topological polar surface area (TPSA) is 6.48 Å². The van der Waals surface area contributed by atoms with Crippen LogP contribution in [0.3, 0.4) is 0 Å². The van der Waals surface area contributed by atoms with E-state index in [2.05, 4.69) is 192 Å². The first kappa shape index (κ1) is 28.2. The molecule has 0 unspecified atom stereocenters. The van der Waals surface area contributed by atoms with Gasteiger partial charge in [-0.15, -0.1) is 0 Å². The molecule has 0 fully saturated rings. The summed E-state index contributed by atoms with van der Waals surface area (Å²) < 4.78 is 0. The smallest absolute Gasteiger partial charge is 0.329 e. The van der Waals surface area contributed by atoms with Gasteiger partial charge in [0.25, 0.3) is 0 Å². The molecule has 8 aromatic carbocycles. The van der Waals surface area contributed by atoms with Gasteiger partial charge in [0.1, 0.15) is 0 Å². The molecule has 0 N–H and O–H groups in total. The first-order valence-electron chi connectivity index (χ1n) is 18.3. The number of rotatable bonds is 1. The van der Waals surface area contributed by atoms with E-state index >= 15 is 0 Å². The maximum Gasteiger partial charge on any atom is 0.329 e. The summed E-state index contributed by atoms with van der Waals surface area (Å²) in [6.07, 6.45) is 0. The SMILES string of the molecule is c1ccc2c(c1)B1c3ccccc3-c3cccc(-c4cccc5c4N4B(c6ccccc6-c6ccccc64)c4ccccc4-5)c3N1c1ccccc1-2. The molecule has 0 saturated carbocycles. The van der Waals surface area contributed by atoms with Crippen molar-refractivity contribution in [1.29, 1.82) is 0 Å². The van der Waals surface area contributed by atoms with Gasteiger partial charge in [0, 0.05) is 56.1 Å². The lowest BCUT2D eigenvalue weighted by Crippen LogP contribution is -2.60. The molecule has 4 heteroatoms. The van der Waals surface area contributed by atoms with E-state index in [1.54, 1.807) is 0 Å². The van der Waals surface area contributed by atoms with E-state index in [0.717, 1.165) is 0 Å². The third-order valence-electron chi connectivity index (χ3n) is 11.9. The maximum atomic E-state index is 2.65. The van der Waals surface area contributed by atoms with Gasteiger partial charge in [-0.2, -0.15) is 0 Å². The van der Waals surface area contributed by atoms with Crippen LogP contribution in [0.5, 0.6) is 0 Å². The largest absolute Gasteiger partial charge is 0.375 e. The Hall–Kier alpha value is -6.51. The number of anilines is 4. The average Bonchev–Trinajstić information content (AvgIpc) is 3.23. The summed E-state index contributed by atoms with van der Waals surface area (Å²) in [5.74, 6) is 0. The van der Waals surface area contributed by atoms with Gasteiger partial charge in [-0.25, -0.2) is 0 Å². The predicted octanol–water partition coefficient (Wildman–Crippen LogP) is 9.16. The second-order valence-corrected chi connectivity index (χ2v) is 14.3. The Morgan fingerprint density at radius 3 is 0.846 bits per heavy atom. The highest BCUT2D eigenvalue weighted by Crippen LogP contribution is 2.54. The molecule has 0 bridgehead atoms. The van der Waals surface area contributed by atoms with Crippen LogP contribution in [0, 0.1) is 0 Å². The minimum Gasteiger partial charge on any atom is -0.375 e. The normalized spacial score (nSPS) is 13.6. The van der Waals surface area contributed by atoms with Crippen LogP contribution in [0.15, 0.2) is 182 Å². The second-order valence-electron chi connectivity index (χ2n) is 14.3. The van der Waals surface area contributed by atoms with Crippen molar-refractivity contribution in [3.05, 3.63) is 182 Å². The van der Waals surface area contributed by atoms with Crippen molar-refractivity contribution in [3.63, 3.8) is 0 Å². The number of fused-ring (bicyclic) bond motifs is 22. The number of nitrogens with zero attached hydrogens (tertiary/aromatic N) is 2. The highest BCUT2D eigenvalue weighted by Gasteiger charge is 2.46. The molecule has 238 valence electrons. The lowest BCUT2D eigenvalue weighted by Gasteiger charge is -2.46. The summed E-state index contributed by atoms with van der Waals surface area (Å²) in [7, 11) is 0. The van der Waals surface area contributed by atoms with Gasteiger partial charge < -0.3 is 9.62 Å². The maximum absolute atomic E-state index is 2.65. The Labute approximate surface area is 304 Å². The number of benzene rings is 8. The molecule has 2 nitrogen and oxygen atoms in total. The van der Waals surface area contributed by atoms with E-state index in [4.69, 9.17) is 0 Å². The summed E-state index contributed by atoms with van der Waals surface area (Å²) in [6, 6.07) is 68.0. The zero-order valence-corrected chi connectivity index (χ0v) is 28.4. The van der Waals surface area contributed by atoms with Gasteiger partial charge in [0.2, 0.25) is 0 Å². The van der Waals surface area contributed by atoms with Crippen LogP contribution < -0.4 is 31.5 Å². The van der Waals surface area contributed by atoms with Gasteiger partial charge in [-0.1, -0.05) is 170 Å². The van der Waals surface area contributed by atoms with E-state index in [-0.39, 0.29) is 13.7 Å². The zero-order chi connectivity index (χ0) is 33.9. The first-order chi connectivity index (χ1) is 25.9. The standard InChI is InChI=1S/C48H30B2N2/c1-7-25-41-31(15-1)35-19-5-11-29-45(35)51-47-37(33-17-3-9-27-43(33)49(41)51)21-13-23-39(47)40-24-14-22-38-34-18-4-10-28-44(34)50-42-26-8-2-16-32(42)36-20-6-12-30-46(36)52(50)48(38)40/h1-30H. The van der Waals surface area contributed by atoms with Gasteiger partial charge in [-0.05, 0) is 56.2 Å². The van der Waals surface area contributed by atoms with Crippen molar-refractivity contribution in [2.75, 3.05) is 9.62 Å². The molecule has 0 saturated heterocycles. The van der Waals surface area contributed by atoms with E-state index in [1.807, 2.05) is 0 Å². The van der Waals surface area contributed by atoms with E-state index in [9.17, 15) is 0 Å². The molecule has 0 amide bonds. The van der Waals surface area contributed by atoms with Gasteiger partial charge >= 0.3 is 13.7 Å². The van der Waals surface area contributed by atoms with Gasteiger partial charge in [-0.3, -0.25) is 0 Å². The van der Waals surface area contributed by atoms with Crippen LogP contribution in [0.4, 0.5) is 22.7 Å². The fraction of sp³-hybridized carbons (Fsp3) is 0. The Morgan fingerprint density at radius 2 is 0.481 bits per heavy atom. The zero-order valence-electron chi connectivity index (χ0n) is 28.4. The Bertz CT molecular complexity index is 2610. The van der Waals surface area contributed by atoms with Gasteiger partial charge in [0.05, 0.1) is 0 Å². The summed E-state index contributed by atoms with van der Waals surface area (Å²) in [5, 5.41) is 0. The van der Waals surface area contributed by atoms with Gasteiger partial charge in [0.15, 0.2) is 0 Å². The lowest BCUT2D eigenvalue weighted by atomic mass is 9.42. The molecule has 0 atom stereocenters. The number of hydrogen-bond acceptors (Lipinski definition) is 2. The van der Waals surface area contributed by atoms with Crippen LogP contribution in [-0.2, 0) is 0 Å². The molecule has 52 heavy (non-hydrogen) atoms. The van der Waals surface area contributed by atoms with Crippen LogP contribution in [0.1, 0.15) is 0 Å². The monoisotopic (exact) mass is 656 g/mol. The molecule has 0 spiro atoms. The van der Waals surface area contributed by atoms with Crippen molar-refractivity contribution >= 4 is 58.3 Å². The molecular formula is C48H30B2N2. The van der Waals surface area contributed by atoms with Crippen molar-refractivity contribution in [1.82, 2.24) is 0 Å². The Morgan fingerprint density at radius 1 is 0.231 bits per heavy atom. The van der Waals surface area contributed by atoms with Crippen molar-refractivity contribution in [3.8, 4) is 55.6 Å². The van der Waals surface area contributed by atoms with Crippen molar-refractivity contribution in [2.24, 2.45) is 0 Å². The molecule has 12 rings (SSSR count). The minimum absolute atomic E-state index is 0.0477.